The maximum absolute atomic E-state index is 11.6. The fourth-order valence-corrected chi connectivity index (χ4v) is 2.57. The standard InChI is InChI=1S/C19H20N4O5/c1-12-19(22-28-23(12)24)15-9-17(26-3)18(27-4)10-16(15)21-20-11-13-5-7-14(25-2)8-6-13/h5-11,21H,1-4H3/b20-11+. The van der Waals surface area contributed by atoms with Gasteiger partial charge in [0, 0.05) is 18.1 Å². The minimum atomic E-state index is 0.314. The molecule has 9 heteroatoms. The van der Waals surface area contributed by atoms with E-state index in [0.717, 1.165) is 11.3 Å². The molecule has 3 rings (SSSR count). The lowest BCUT2D eigenvalue weighted by Crippen LogP contribution is -2.25. The molecule has 9 nitrogen and oxygen atoms in total. The van der Waals surface area contributed by atoms with Crippen molar-refractivity contribution in [3.63, 3.8) is 0 Å². The summed E-state index contributed by atoms with van der Waals surface area (Å²) in [4.78, 5) is 0.344. The first-order chi connectivity index (χ1) is 13.6. The van der Waals surface area contributed by atoms with Crippen molar-refractivity contribution >= 4 is 11.9 Å². The van der Waals surface area contributed by atoms with Crippen LogP contribution < -0.4 is 24.5 Å². The molecule has 0 aliphatic rings. The van der Waals surface area contributed by atoms with Gasteiger partial charge >= 0.3 is 0 Å². The Hall–Kier alpha value is -3.75. The zero-order valence-electron chi connectivity index (χ0n) is 15.9. The monoisotopic (exact) mass is 384 g/mol. The summed E-state index contributed by atoms with van der Waals surface area (Å²) in [6.45, 7) is 1.61. The van der Waals surface area contributed by atoms with Gasteiger partial charge in [-0.1, -0.05) is 0 Å². The molecule has 1 heterocycles. The van der Waals surface area contributed by atoms with E-state index in [0.29, 0.717) is 39.0 Å². The largest absolute Gasteiger partial charge is 0.497 e. The summed E-state index contributed by atoms with van der Waals surface area (Å²) in [6.07, 6.45) is 1.66. The molecule has 0 saturated heterocycles. The van der Waals surface area contributed by atoms with Crippen molar-refractivity contribution in [1.82, 2.24) is 5.16 Å². The van der Waals surface area contributed by atoms with E-state index in [1.165, 1.54) is 14.2 Å². The summed E-state index contributed by atoms with van der Waals surface area (Å²) in [6, 6.07) is 10.9. The van der Waals surface area contributed by atoms with Gasteiger partial charge in [0.25, 0.3) is 5.69 Å². The van der Waals surface area contributed by atoms with E-state index in [1.807, 2.05) is 24.3 Å². The summed E-state index contributed by atoms with van der Waals surface area (Å²) >= 11 is 0. The summed E-state index contributed by atoms with van der Waals surface area (Å²) in [5.74, 6) is 1.76. The van der Waals surface area contributed by atoms with Crippen LogP contribution >= 0.6 is 0 Å². The predicted octanol–water partition coefficient (Wildman–Crippen LogP) is 2.76. The Morgan fingerprint density at radius 2 is 1.75 bits per heavy atom. The van der Waals surface area contributed by atoms with Gasteiger partial charge in [-0.05, 0) is 40.8 Å². The highest BCUT2D eigenvalue weighted by atomic mass is 16.8. The normalized spacial score (nSPS) is 10.9. The number of hydrogen-bond donors (Lipinski definition) is 1. The Balaban J connectivity index is 1.95. The minimum absolute atomic E-state index is 0.314. The molecule has 0 atom stereocenters. The van der Waals surface area contributed by atoms with E-state index in [1.54, 1.807) is 32.4 Å². The minimum Gasteiger partial charge on any atom is -0.497 e. The third kappa shape index (κ3) is 3.83. The number of nitrogens with zero attached hydrogens (tertiary/aromatic N) is 3. The van der Waals surface area contributed by atoms with Crippen LogP contribution in [0.25, 0.3) is 11.3 Å². The molecular formula is C19H20N4O5. The maximum Gasteiger partial charge on any atom is 0.253 e. The van der Waals surface area contributed by atoms with Crippen LogP contribution in [0.3, 0.4) is 0 Å². The molecule has 0 radical (unpaired) electrons. The third-order valence-electron chi connectivity index (χ3n) is 4.12. The number of aromatic nitrogens is 2. The van der Waals surface area contributed by atoms with Crippen LogP contribution in [0.4, 0.5) is 5.69 Å². The van der Waals surface area contributed by atoms with Crippen LogP contribution in [0.15, 0.2) is 46.1 Å². The van der Waals surface area contributed by atoms with Crippen molar-refractivity contribution in [3.05, 3.63) is 52.9 Å². The van der Waals surface area contributed by atoms with Gasteiger partial charge in [0.1, 0.15) is 5.75 Å². The molecule has 28 heavy (non-hydrogen) atoms. The summed E-state index contributed by atoms with van der Waals surface area (Å²) < 4.78 is 20.5. The van der Waals surface area contributed by atoms with Gasteiger partial charge in [0.2, 0.25) is 5.69 Å². The van der Waals surface area contributed by atoms with Crippen molar-refractivity contribution in [1.29, 1.82) is 0 Å². The van der Waals surface area contributed by atoms with Crippen LogP contribution in [-0.4, -0.2) is 32.7 Å². The molecule has 1 aromatic heterocycles. The topological polar surface area (TPSA) is 105 Å². The highest BCUT2D eigenvalue weighted by Gasteiger charge is 2.22. The van der Waals surface area contributed by atoms with Crippen molar-refractivity contribution in [3.8, 4) is 28.5 Å². The van der Waals surface area contributed by atoms with E-state index < -0.39 is 0 Å². The van der Waals surface area contributed by atoms with Gasteiger partial charge in [0.05, 0.1) is 38.8 Å². The highest BCUT2D eigenvalue weighted by molar-refractivity contribution is 5.83. The summed E-state index contributed by atoms with van der Waals surface area (Å²) in [7, 11) is 4.68. The fraction of sp³-hybridized carbons (Fsp3) is 0.211. The molecule has 0 bridgehead atoms. The summed E-state index contributed by atoms with van der Waals surface area (Å²) in [5, 5.41) is 19.7. The quantitative estimate of drug-likeness (QED) is 0.379. The molecule has 1 N–H and O–H groups in total. The SMILES string of the molecule is COc1ccc(/C=N/Nc2cc(OC)c(OC)cc2-c2no[n+]([O-])c2C)cc1. The van der Waals surface area contributed by atoms with E-state index in [2.05, 4.69) is 15.7 Å². The fourth-order valence-electron chi connectivity index (χ4n) is 2.57. The molecule has 0 unspecified atom stereocenters. The van der Waals surface area contributed by atoms with Gasteiger partial charge in [-0.15, -0.1) is 0 Å². The second-order valence-electron chi connectivity index (χ2n) is 5.76. The number of anilines is 1. The first-order valence-corrected chi connectivity index (χ1v) is 8.33. The van der Waals surface area contributed by atoms with Crippen molar-refractivity contribution in [2.75, 3.05) is 26.8 Å². The van der Waals surface area contributed by atoms with E-state index in [4.69, 9.17) is 18.8 Å². The van der Waals surface area contributed by atoms with E-state index in [9.17, 15) is 5.21 Å². The molecule has 2 aromatic carbocycles. The number of nitrogens with one attached hydrogen (secondary N) is 1. The lowest BCUT2D eigenvalue weighted by Gasteiger charge is -2.12. The Morgan fingerprint density at radius 1 is 1.07 bits per heavy atom. The van der Waals surface area contributed by atoms with Crippen LogP contribution in [0, 0.1) is 12.1 Å². The zero-order chi connectivity index (χ0) is 20.1. The van der Waals surface area contributed by atoms with Crippen LogP contribution in [0.2, 0.25) is 0 Å². The second kappa shape index (κ2) is 8.30. The molecule has 0 saturated carbocycles. The molecule has 146 valence electrons. The van der Waals surface area contributed by atoms with E-state index >= 15 is 0 Å². The van der Waals surface area contributed by atoms with Crippen molar-refractivity contribution in [2.45, 2.75) is 6.92 Å². The number of ether oxygens (including phenoxy) is 3. The lowest BCUT2D eigenvalue weighted by atomic mass is 10.1. The smallest absolute Gasteiger partial charge is 0.253 e. The Kier molecular flexibility index (Phi) is 5.64. The molecule has 0 aliphatic carbocycles. The van der Waals surface area contributed by atoms with Crippen molar-refractivity contribution in [2.24, 2.45) is 5.10 Å². The second-order valence-corrected chi connectivity index (χ2v) is 5.76. The molecule has 0 spiro atoms. The average molecular weight is 384 g/mol. The number of hydrazone groups is 1. The molecule has 3 aromatic rings. The lowest BCUT2D eigenvalue weighted by molar-refractivity contribution is -0.806. The average Bonchev–Trinajstić information content (AvgIpc) is 3.06. The predicted molar refractivity (Wildman–Crippen MR) is 103 cm³/mol. The van der Waals surface area contributed by atoms with Crippen molar-refractivity contribution < 1.29 is 23.7 Å². The molecular weight excluding hydrogens is 364 g/mol. The van der Waals surface area contributed by atoms with Gasteiger partial charge in [0.15, 0.2) is 11.5 Å². The number of methoxy groups -OCH3 is 3. The first kappa shape index (κ1) is 19.0. The van der Waals surface area contributed by atoms with Gasteiger partial charge < -0.3 is 19.4 Å². The van der Waals surface area contributed by atoms with Gasteiger partial charge in [-0.3, -0.25) is 10.1 Å². The van der Waals surface area contributed by atoms with Gasteiger partial charge in [-0.2, -0.15) is 5.10 Å². The Labute approximate surface area is 161 Å². The molecule has 0 aliphatic heterocycles. The summed E-state index contributed by atoms with van der Waals surface area (Å²) in [5.41, 5.74) is 5.68. The Morgan fingerprint density at radius 3 is 2.32 bits per heavy atom. The van der Waals surface area contributed by atoms with E-state index in [-0.39, 0.29) is 0 Å². The molecule has 0 fully saturated rings. The number of benzene rings is 2. The first-order valence-electron chi connectivity index (χ1n) is 8.33. The number of rotatable bonds is 7. The van der Waals surface area contributed by atoms with Gasteiger partial charge in [-0.25, -0.2) is 0 Å². The van der Waals surface area contributed by atoms with Crippen LogP contribution in [0.5, 0.6) is 17.2 Å². The van der Waals surface area contributed by atoms with Crippen LogP contribution in [-0.2, 0) is 0 Å². The van der Waals surface area contributed by atoms with Crippen LogP contribution in [0.1, 0.15) is 11.3 Å². The third-order valence-corrected chi connectivity index (χ3v) is 4.12. The number of hydrogen-bond acceptors (Lipinski definition) is 8. The highest BCUT2D eigenvalue weighted by Crippen LogP contribution is 2.38. The maximum atomic E-state index is 11.6. The zero-order valence-corrected chi connectivity index (χ0v) is 15.9. The Bertz CT molecular complexity index is 983. The molecule has 0 amide bonds.